The minimum atomic E-state index is -0.503. The van der Waals surface area contributed by atoms with E-state index in [0.717, 1.165) is 36.8 Å². The maximum Gasteiger partial charge on any atom is 0.219 e. The summed E-state index contributed by atoms with van der Waals surface area (Å²) in [5.41, 5.74) is 9.39. The molecule has 0 spiro atoms. The number of ketones is 2. The van der Waals surface area contributed by atoms with Crippen LogP contribution >= 0.6 is 23.2 Å². The summed E-state index contributed by atoms with van der Waals surface area (Å²) in [6, 6.07) is 40.8. The molecule has 20 heteroatoms. The van der Waals surface area contributed by atoms with Gasteiger partial charge in [0.25, 0.3) is 0 Å². The number of Topliss-reactive ketones (excluding diaryl/α,β-unsaturated/α-hetero) is 2. The molecule has 2 aliphatic rings. The molecule has 0 radical (unpaired) electrons. The van der Waals surface area contributed by atoms with Crippen LogP contribution in [0.1, 0.15) is 81.3 Å². The zero-order valence-corrected chi connectivity index (χ0v) is 45.3. The van der Waals surface area contributed by atoms with Crippen LogP contribution in [0.5, 0.6) is 23.0 Å². The highest BCUT2D eigenvalue weighted by Gasteiger charge is 2.29. The number of nitrogens with two attached hydrogens (primary N) is 1. The third-order valence-corrected chi connectivity index (χ3v) is 14.1. The van der Waals surface area contributed by atoms with Crippen molar-refractivity contribution in [3.63, 3.8) is 0 Å². The Morgan fingerprint density at radius 3 is 1.41 bits per heavy atom. The van der Waals surface area contributed by atoms with Gasteiger partial charge in [-0.2, -0.15) is 10.2 Å². The van der Waals surface area contributed by atoms with Gasteiger partial charge < -0.3 is 15.2 Å². The van der Waals surface area contributed by atoms with Crippen LogP contribution in [0, 0.1) is 11.6 Å². The summed E-state index contributed by atoms with van der Waals surface area (Å²) in [5, 5.41) is 9.11. The quantitative estimate of drug-likeness (QED) is 0.0665. The molecule has 83 heavy (non-hydrogen) atoms. The van der Waals surface area contributed by atoms with Gasteiger partial charge in [0, 0.05) is 70.6 Å². The Morgan fingerprint density at radius 2 is 0.988 bits per heavy atom. The predicted octanol–water partition coefficient (Wildman–Crippen LogP) is 12.8. The normalized spacial score (nSPS) is 12.6. The minimum Gasteiger partial charge on any atom is -0.454 e. The molecule has 2 saturated carbocycles. The molecule has 10 aromatic rings. The van der Waals surface area contributed by atoms with Crippen molar-refractivity contribution >= 4 is 52.1 Å². The van der Waals surface area contributed by atoms with E-state index in [1.807, 2.05) is 60.7 Å². The summed E-state index contributed by atoms with van der Waals surface area (Å²) in [5.74, 6) is 0.123. The molecule has 412 valence electrons. The molecule has 0 atom stereocenters. The van der Waals surface area contributed by atoms with E-state index in [1.54, 1.807) is 64.4 Å². The van der Waals surface area contributed by atoms with E-state index >= 15 is 0 Å². The van der Waals surface area contributed by atoms with Gasteiger partial charge in [-0.05, 0) is 85.3 Å². The fourth-order valence-electron chi connectivity index (χ4n) is 8.69. The van der Waals surface area contributed by atoms with Gasteiger partial charge in [0.05, 0.1) is 43.0 Å². The third-order valence-electron chi connectivity index (χ3n) is 13.3. The Bertz CT molecular complexity index is 4150. The number of halogens is 4. The van der Waals surface area contributed by atoms with Crippen molar-refractivity contribution in [2.45, 2.75) is 50.6 Å². The maximum atomic E-state index is 13.5. The number of aliphatic imine (C=N–C) groups is 1. The van der Waals surface area contributed by atoms with Crippen molar-refractivity contribution in [1.82, 2.24) is 39.5 Å². The molecule has 0 aliphatic heterocycles. The predicted molar refractivity (Wildman–Crippen MR) is 310 cm³/mol. The second-order valence-electron chi connectivity index (χ2n) is 19.4. The fraction of sp³-hybridized carbons (Fsp3) is 0.127. The highest BCUT2D eigenvalue weighted by atomic mass is 35.5. The van der Waals surface area contributed by atoms with Gasteiger partial charge >= 0.3 is 0 Å². The van der Waals surface area contributed by atoms with E-state index in [4.69, 9.17) is 43.4 Å². The molecule has 4 aromatic carbocycles. The average Bonchev–Trinajstić information content (AvgIpc) is 4.65. The number of hydrogen-bond donors (Lipinski definition) is 1. The second kappa shape index (κ2) is 24.4. The molecule has 6 aromatic heterocycles. The summed E-state index contributed by atoms with van der Waals surface area (Å²) in [6.45, 7) is 0. The minimum absolute atomic E-state index is 0.122. The molecule has 6 heterocycles. The van der Waals surface area contributed by atoms with Gasteiger partial charge in [0.2, 0.25) is 10.9 Å². The summed E-state index contributed by atoms with van der Waals surface area (Å²) in [7, 11) is 0. The highest BCUT2D eigenvalue weighted by Crippen LogP contribution is 2.38. The Balaban J connectivity index is 0.000000183. The summed E-state index contributed by atoms with van der Waals surface area (Å²) < 4.78 is 42.0. The average molecular weight is 1150 g/mol. The Labute approximate surface area is 482 Å². The smallest absolute Gasteiger partial charge is 0.219 e. The SMILES string of the molecule is Nc1nccc(Oc2ccc(CC(=O)c3nn(C4CC4)cc(-c4ccc(F)cc4)c3=O)nc2)c1Cl.O=C(Cc1ccc(Oc2ccnc(N=C(c3ccccc3)c3ccccc3)c2Cl)cn1)c1nn(C2CC2)cc(-c2ccc(F)cc2)c1=O. The molecular weight excluding hydrogens is 1100 g/mol. The first-order chi connectivity index (χ1) is 40.3. The summed E-state index contributed by atoms with van der Waals surface area (Å²) in [4.78, 5) is 74.7. The number of rotatable bonds is 17. The first-order valence-corrected chi connectivity index (χ1v) is 26.9. The van der Waals surface area contributed by atoms with Crippen LogP contribution in [-0.2, 0) is 12.8 Å². The van der Waals surface area contributed by atoms with Crippen molar-refractivity contribution in [2.24, 2.45) is 4.99 Å². The number of nitrogens with zero attached hydrogens (tertiary/aromatic N) is 9. The van der Waals surface area contributed by atoms with E-state index < -0.39 is 34.1 Å². The fourth-order valence-corrected chi connectivity index (χ4v) is 9.03. The molecule has 2 N–H and O–H groups in total. The van der Waals surface area contributed by atoms with Crippen molar-refractivity contribution in [3.05, 3.63) is 259 Å². The first kappa shape index (κ1) is 55.0. The van der Waals surface area contributed by atoms with Crippen LogP contribution < -0.4 is 26.1 Å². The molecular formula is C63H46Cl2F2N10O6. The van der Waals surface area contributed by atoms with Crippen LogP contribution in [-0.4, -0.2) is 56.8 Å². The van der Waals surface area contributed by atoms with Crippen molar-refractivity contribution < 1.29 is 27.8 Å². The van der Waals surface area contributed by atoms with E-state index in [1.165, 1.54) is 67.1 Å². The van der Waals surface area contributed by atoms with E-state index in [-0.39, 0.29) is 52.2 Å². The van der Waals surface area contributed by atoms with E-state index in [0.29, 0.717) is 68.2 Å². The number of nitrogen functional groups attached to an aromatic ring is 1. The lowest BCUT2D eigenvalue weighted by molar-refractivity contribution is 0.0975. The number of aromatic nitrogens is 8. The van der Waals surface area contributed by atoms with Gasteiger partial charge in [0.1, 0.15) is 39.0 Å². The van der Waals surface area contributed by atoms with Crippen LogP contribution in [0.15, 0.2) is 197 Å². The molecule has 2 fully saturated rings. The zero-order valence-electron chi connectivity index (χ0n) is 43.8. The maximum absolute atomic E-state index is 13.5. The largest absolute Gasteiger partial charge is 0.454 e. The molecule has 0 saturated heterocycles. The van der Waals surface area contributed by atoms with Crippen molar-refractivity contribution in [1.29, 1.82) is 0 Å². The Kier molecular flexibility index (Phi) is 16.2. The Morgan fingerprint density at radius 1 is 0.554 bits per heavy atom. The van der Waals surface area contributed by atoms with E-state index in [9.17, 15) is 28.0 Å². The van der Waals surface area contributed by atoms with Crippen molar-refractivity contribution in [3.8, 4) is 45.3 Å². The molecule has 0 unspecified atom stereocenters. The van der Waals surface area contributed by atoms with Gasteiger partial charge in [-0.25, -0.2) is 23.7 Å². The lowest BCUT2D eigenvalue weighted by atomic mass is 10.0. The third kappa shape index (κ3) is 13.2. The summed E-state index contributed by atoms with van der Waals surface area (Å²) in [6.07, 6.45) is 12.6. The molecule has 0 bridgehead atoms. The number of pyridine rings is 4. The second-order valence-corrected chi connectivity index (χ2v) is 20.2. The van der Waals surface area contributed by atoms with Gasteiger partial charge in [0.15, 0.2) is 40.3 Å². The molecule has 2 aliphatic carbocycles. The molecule has 12 rings (SSSR count). The topological polar surface area (TPSA) is 212 Å². The monoisotopic (exact) mass is 1150 g/mol. The number of hydrogen-bond acceptors (Lipinski definition) is 14. The summed E-state index contributed by atoms with van der Waals surface area (Å²) >= 11 is 12.8. The zero-order chi connectivity index (χ0) is 57.6. The Hall–Kier alpha value is -9.91. The van der Waals surface area contributed by atoms with Crippen LogP contribution in [0.4, 0.5) is 20.4 Å². The van der Waals surface area contributed by atoms with E-state index in [2.05, 4.69) is 30.1 Å². The van der Waals surface area contributed by atoms with Gasteiger partial charge in [-0.15, -0.1) is 0 Å². The van der Waals surface area contributed by atoms with Crippen molar-refractivity contribution in [2.75, 3.05) is 5.73 Å². The van der Waals surface area contributed by atoms with Crippen LogP contribution in [0.25, 0.3) is 22.3 Å². The molecule has 16 nitrogen and oxygen atoms in total. The highest BCUT2D eigenvalue weighted by molar-refractivity contribution is 6.34. The van der Waals surface area contributed by atoms with Crippen LogP contribution in [0.2, 0.25) is 10.0 Å². The van der Waals surface area contributed by atoms with Gasteiger partial charge in [-0.3, -0.25) is 38.5 Å². The first-order valence-electron chi connectivity index (χ1n) is 26.2. The number of benzene rings is 4. The standard InChI is InChI=1S/C38H27ClFN5O3.C25H19ClFN5O3/c39-34-33(19-20-41-38(34)43-35(25-7-3-1-4-8-25)26-9-5-2-6-10-26)48-30-18-15-28(42-22-30)21-32(46)36-37(47)31(23-45(44-36)29-16-17-29)24-11-13-27(40)14-12-24;26-22-21(9-10-29-25(22)28)35-18-8-5-16(30-12-18)11-20(33)23-24(34)19(13-32(31-23)17-6-7-17)14-1-3-15(27)4-2-14/h1-15,18-20,22-23,29H,16-17,21H2;1-5,8-10,12-13,17H,6-7,11H2,(H2,28,29). The number of carbonyl (C=O) groups is 2. The number of anilines is 1. The number of carbonyl (C=O) groups excluding carboxylic acids is 2. The molecule has 0 amide bonds. The van der Waals surface area contributed by atoms with Gasteiger partial charge in [-0.1, -0.05) is 108 Å². The lowest BCUT2D eigenvalue weighted by Crippen LogP contribution is -2.25. The lowest BCUT2D eigenvalue weighted by Gasteiger charge is -2.11. The number of ether oxygens (including phenoxy) is 2. The van der Waals surface area contributed by atoms with Crippen LogP contribution in [0.3, 0.4) is 0 Å².